The first-order chi connectivity index (χ1) is 9.61. The number of nitrogens with zero attached hydrogens (tertiary/aromatic N) is 3. The number of halogens is 1. The molecular formula is C13H14IN3O2S. The van der Waals surface area contributed by atoms with Crippen LogP contribution in [0.5, 0.6) is 0 Å². The lowest BCUT2D eigenvalue weighted by Gasteiger charge is -2.08. The van der Waals surface area contributed by atoms with Gasteiger partial charge in [-0.2, -0.15) is 0 Å². The van der Waals surface area contributed by atoms with Gasteiger partial charge in [-0.3, -0.25) is 4.79 Å². The number of carboxylic acids is 1. The molecule has 0 bridgehead atoms. The van der Waals surface area contributed by atoms with Crippen molar-refractivity contribution in [2.75, 3.05) is 5.75 Å². The predicted octanol–water partition coefficient (Wildman–Crippen LogP) is 3.14. The smallest absolute Gasteiger partial charge is 0.313 e. The lowest BCUT2D eigenvalue weighted by Crippen LogP contribution is -2.04. The minimum Gasteiger partial charge on any atom is -0.481 e. The number of carbonyl (C=O) groups is 1. The minimum atomic E-state index is -0.850. The highest BCUT2D eigenvalue weighted by Gasteiger charge is 2.14. The van der Waals surface area contributed by atoms with E-state index in [1.165, 1.54) is 11.8 Å². The van der Waals surface area contributed by atoms with Gasteiger partial charge in [0.2, 0.25) is 0 Å². The summed E-state index contributed by atoms with van der Waals surface area (Å²) in [6.45, 7) is 2.85. The van der Waals surface area contributed by atoms with Crippen molar-refractivity contribution in [1.82, 2.24) is 14.8 Å². The minimum absolute atomic E-state index is 0.00578. The maximum absolute atomic E-state index is 10.7. The van der Waals surface area contributed by atoms with Gasteiger partial charge in [0.25, 0.3) is 0 Å². The van der Waals surface area contributed by atoms with Crippen molar-refractivity contribution in [2.24, 2.45) is 0 Å². The molecule has 0 atom stereocenters. The fraction of sp³-hybridized carbons (Fsp3) is 0.308. The number of aliphatic carboxylic acids is 1. The third kappa shape index (κ3) is 3.72. The molecule has 0 saturated heterocycles. The van der Waals surface area contributed by atoms with Gasteiger partial charge in [0, 0.05) is 15.7 Å². The van der Waals surface area contributed by atoms with Crippen molar-refractivity contribution < 1.29 is 9.90 Å². The third-order valence-corrected chi connectivity index (χ3v) is 4.19. The van der Waals surface area contributed by atoms with Gasteiger partial charge in [-0.1, -0.05) is 30.8 Å². The third-order valence-electron chi connectivity index (χ3n) is 2.57. The number of carboxylic acid groups (broad SMARTS) is 1. The van der Waals surface area contributed by atoms with E-state index in [-0.39, 0.29) is 5.75 Å². The summed E-state index contributed by atoms with van der Waals surface area (Å²) in [6, 6.07) is 8.03. The highest BCUT2D eigenvalue weighted by Crippen LogP contribution is 2.25. The largest absolute Gasteiger partial charge is 0.481 e. The van der Waals surface area contributed by atoms with Crippen LogP contribution in [-0.4, -0.2) is 31.6 Å². The molecule has 2 aromatic rings. The van der Waals surface area contributed by atoms with Crippen LogP contribution < -0.4 is 0 Å². The number of aromatic nitrogens is 3. The molecule has 0 unspecified atom stereocenters. The molecule has 1 heterocycles. The van der Waals surface area contributed by atoms with Gasteiger partial charge >= 0.3 is 5.97 Å². The van der Waals surface area contributed by atoms with Crippen LogP contribution in [0.2, 0.25) is 0 Å². The van der Waals surface area contributed by atoms with Gasteiger partial charge in [-0.25, -0.2) is 0 Å². The maximum atomic E-state index is 10.7. The molecule has 7 heteroatoms. The Hall–Kier alpha value is -1.09. The van der Waals surface area contributed by atoms with E-state index in [4.69, 9.17) is 5.11 Å². The molecule has 0 aliphatic heterocycles. The molecule has 0 fully saturated rings. The molecule has 20 heavy (non-hydrogen) atoms. The lowest BCUT2D eigenvalue weighted by molar-refractivity contribution is -0.133. The molecule has 0 amide bonds. The first-order valence-electron chi connectivity index (χ1n) is 6.15. The van der Waals surface area contributed by atoms with Crippen molar-refractivity contribution in [2.45, 2.75) is 25.0 Å². The average molecular weight is 403 g/mol. The van der Waals surface area contributed by atoms with Crippen LogP contribution in [0.1, 0.15) is 13.3 Å². The van der Waals surface area contributed by atoms with E-state index in [9.17, 15) is 4.79 Å². The second-order valence-corrected chi connectivity index (χ2v) is 6.34. The summed E-state index contributed by atoms with van der Waals surface area (Å²) in [6.07, 6.45) is 0.940. The van der Waals surface area contributed by atoms with E-state index >= 15 is 0 Å². The predicted molar refractivity (Wildman–Crippen MR) is 86.8 cm³/mol. The van der Waals surface area contributed by atoms with Crippen molar-refractivity contribution in [1.29, 1.82) is 0 Å². The number of thioether (sulfide) groups is 1. The topological polar surface area (TPSA) is 68.0 Å². The summed E-state index contributed by atoms with van der Waals surface area (Å²) < 4.78 is 3.12. The van der Waals surface area contributed by atoms with Crippen molar-refractivity contribution in [3.05, 3.63) is 27.8 Å². The van der Waals surface area contributed by atoms with Crippen molar-refractivity contribution in [3.8, 4) is 11.4 Å². The van der Waals surface area contributed by atoms with E-state index < -0.39 is 5.97 Å². The lowest BCUT2D eigenvalue weighted by atomic mass is 10.2. The molecule has 2 rings (SSSR count). The summed E-state index contributed by atoms with van der Waals surface area (Å²) in [5.74, 6) is -0.0659. The Morgan fingerprint density at radius 3 is 2.90 bits per heavy atom. The first-order valence-corrected chi connectivity index (χ1v) is 8.22. The quantitative estimate of drug-likeness (QED) is 0.593. The Labute approximate surface area is 134 Å². The van der Waals surface area contributed by atoms with Crippen LogP contribution in [0.3, 0.4) is 0 Å². The van der Waals surface area contributed by atoms with Crippen LogP contribution in [0.4, 0.5) is 0 Å². The standard InChI is InChI=1S/C13H14IN3O2S/c1-2-6-17-12(9-4-3-5-10(14)7-9)15-16-13(17)20-8-11(18)19/h3-5,7H,2,6,8H2,1H3,(H,18,19). The maximum Gasteiger partial charge on any atom is 0.313 e. The highest BCUT2D eigenvalue weighted by molar-refractivity contribution is 14.1. The van der Waals surface area contributed by atoms with Gasteiger partial charge in [0.05, 0.1) is 5.75 Å². The summed E-state index contributed by atoms with van der Waals surface area (Å²) in [5.41, 5.74) is 1.00. The molecule has 0 aliphatic carbocycles. The van der Waals surface area contributed by atoms with Crippen LogP contribution in [0, 0.1) is 3.57 Å². The van der Waals surface area contributed by atoms with Crippen molar-refractivity contribution >= 4 is 40.3 Å². The van der Waals surface area contributed by atoms with E-state index in [2.05, 4.69) is 39.7 Å². The Morgan fingerprint density at radius 2 is 2.25 bits per heavy atom. The van der Waals surface area contributed by atoms with Crippen LogP contribution in [0.25, 0.3) is 11.4 Å². The Balaban J connectivity index is 2.35. The van der Waals surface area contributed by atoms with E-state index in [1.807, 2.05) is 28.8 Å². The molecule has 0 spiro atoms. The van der Waals surface area contributed by atoms with E-state index in [0.717, 1.165) is 27.9 Å². The number of hydrogen-bond acceptors (Lipinski definition) is 4. The molecule has 106 valence electrons. The number of benzene rings is 1. The Morgan fingerprint density at radius 1 is 1.45 bits per heavy atom. The summed E-state index contributed by atoms with van der Waals surface area (Å²) in [4.78, 5) is 10.7. The number of hydrogen-bond donors (Lipinski definition) is 1. The van der Waals surface area contributed by atoms with E-state index in [1.54, 1.807) is 0 Å². The molecular weight excluding hydrogens is 389 g/mol. The fourth-order valence-corrected chi connectivity index (χ4v) is 3.02. The highest BCUT2D eigenvalue weighted by atomic mass is 127. The monoisotopic (exact) mass is 403 g/mol. The molecule has 0 saturated carbocycles. The zero-order valence-electron chi connectivity index (χ0n) is 10.9. The normalized spacial score (nSPS) is 10.7. The second-order valence-electron chi connectivity index (χ2n) is 4.15. The Kier molecular flexibility index (Phi) is 5.41. The Bertz CT molecular complexity index is 615. The molecule has 1 N–H and O–H groups in total. The zero-order valence-corrected chi connectivity index (χ0v) is 13.9. The summed E-state index contributed by atoms with van der Waals surface area (Å²) in [7, 11) is 0. The van der Waals surface area contributed by atoms with Gasteiger partial charge in [-0.05, 0) is 41.1 Å². The molecule has 5 nitrogen and oxygen atoms in total. The van der Waals surface area contributed by atoms with E-state index in [0.29, 0.717) is 5.16 Å². The SMILES string of the molecule is CCCn1c(SCC(=O)O)nnc1-c1cccc(I)c1. The summed E-state index contributed by atoms with van der Waals surface area (Å²) in [5, 5.41) is 17.8. The zero-order chi connectivity index (χ0) is 14.5. The fourth-order valence-electron chi connectivity index (χ4n) is 1.79. The van der Waals surface area contributed by atoms with Gasteiger partial charge < -0.3 is 9.67 Å². The van der Waals surface area contributed by atoms with Crippen LogP contribution in [0.15, 0.2) is 29.4 Å². The van der Waals surface area contributed by atoms with Crippen molar-refractivity contribution in [3.63, 3.8) is 0 Å². The molecule has 1 aromatic heterocycles. The number of rotatable bonds is 6. The average Bonchev–Trinajstić information content (AvgIpc) is 2.80. The first kappa shape index (κ1) is 15.3. The van der Waals surface area contributed by atoms with Crippen LogP contribution in [-0.2, 0) is 11.3 Å². The van der Waals surface area contributed by atoms with Gasteiger partial charge in [0.1, 0.15) is 0 Å². The molecule has 0 aliphatic rings. The molecule has 1 aromatic carbocycles. The van der Waals surface area contributed by atoms with Crippen LogP contribution >= 0.6 is 34.4 Å². The van der Waals surface area contributed by atoms with Gasteiger partial charge in [-0.15, -0.1) is 10.2 Å². The second kappa shape index (κ2) is 7.07. The molecule has 0 radical (unpaired) electrons. The van der Waals surface area contributed by atoms with Gasteiger partial charge in [0.15, 0.2) is 11.0 Å². The summed E-state index contributed by atoms with van der Waals surface area (Å²) >= 11 is 3.46.